The summed E-state index contributed by atoms with van der Waals surface area (Å²) in [6, 6.07) is -0.212. The van der Waals surface area contributed by atoms with Gasteiger partial charge in [0.25, 0.3) is 0 Å². The Labute approximate surface area is 64.2 Å². The van der Waals surface area contributed by atoms with Crippen LogP contribution in [0.2, 0.25) is 0 Å². The molecule has 0 aromatic heterocycles. The molecule has 1 aliphatic carbocycles. The first-order valence-corrected chi connectivity index (χ1v) is 3.84. The third-order valence-corrected chi connectivity index (χ3v) is 2.60. The molecule has 0 aromatic rings. The highest BCUT2D eigenvalue weighted by molar-refractivity contribution is 5.78. The molecule has 2 fully saturated rings. The number of nitrogens with one attached hydrogen (secondary N) is 1. The Kier molecular flexibility index (Phi) is 1.40. The first-order chi connectivity index (χ1) is 5.18. The van der Waals surface area contributed by atoms with Crippen LogP contribution in [0.1, 0.15) is 12.8 Å². The van der Waals surface area contributed by atoms with E-state index in [1.165, 1.54) is 0 Å². The number of rotatable bonds is 0. The summed E-state index contributed by atoms with van der Waals surface area (Å²) in [5, 5.41) is 21.3. The van der Waals surface area contributed by atoms with Crippen LogP contribution in [0.4, 0.5) is 0 Å². The molecule has 4 atom stereocenters. The SMILES string of the molecule is O=C1C[C@@H]2C[C@H](N1)[C@@H](O)[C@@H]2O. The number of aliphatic hydroxyl groups is 2. The van der Waals surface area contributed by atoms with Gasteiger partial charge in [-0.3, -0.25) is 4.79 Å². The van der Waals surface area contributed by atoms with Crippen molar-refractivity contribution in [3.05, 3.63) is 0 Å². The van der Waals surface area contributed by atoms with Crippen LogP contribution in [-0.2, 0) is 4.79 Å². The molecule has 1 heterocycles. The quantitative estimate of drug-likeness (QED) is 0.406. The second-order valence-corrected chi connectivity index (χ2v) is 3.36. The second-order valence-electron chi connectivity index (χ2n) is 3.36. The van der Waals surface area contributed by atoms with Gasteiger partial charge in [0.1, 0.15) is 6.10 Å². The maximum absolute atomic E-state index is 10.9. The minimum atomic E-state index is -0.758. The number of amides is 1. The summed E-state index contributed by atoms with van der Waals surface area (Å²) in [7, 11) is 0. The van der Waals surface area contributed by atoms with Crippen molar-refractivity contribution < 1.29 is 15.0 Å². The number of carbonyl (C=O) groups excluding carboxylic acids is 1. The Morgan fingerprint density at radius 3 is 2.73 bits per heavy atom. The number of hydrogen-bond donors (Lipinski definition) is 3. The van der Waals surface area contributed by atoms with Crippen LogP contribution in [0.15, 0.2) is 0 Å². The van der Waals surface area contributed by atoms with Gasteiger partial charge in [-0.25, -0.2) is 0 Å². The third kappa shape index (κ3) is 0.937. The van der Waals surface area contributed by atoms with Crippen molar-refractivity contribution in [3.63, 3.8) is 0 Å². The maximum Gasteiger partial charge on any atom is 0.220 e. The number of hydrogen-bond acceptors (Lipinski definition) is 3. The van der Waals surface area contributed by atoms with Crippen LogP contribution in [0.3, 0.4) is 0 Å². The topological polar surface area (TPSA) is 69.6 Å². The van der Waals surface area contributed by atoms with E-state index >= 15 is 0 Å². The summed E-state index contributed by atoms with van der Waals surface area (Å²) in [4.78, 5) is 10.9. The van der Waals surface area contributed by atoms with Gasteiger partial charge in [0, 0.05) is 6.42 Å². The second kappa shape index (κ2) is 2.19. The minimum absolute atomic E-state index is 0.0243. The lowest BCUT2D eigenvalue weighted by Gasteiger charge is -2.19. The molecule has 1 saturated carbocycles. The lowest BCUT2D eigenvalue weighted by Crippen LogP contribution is -2.42. The molecule has 2 aliphatic rings. The molecule has 2 rings (SSSR count). The average Bonchev–Trinajstić information content (AvgIpc) is 2.16. The summed E-state index contributed by atoms with van der Waals surface area (Å²) < 4.78 is 0. The maximum atomic E-state index is 10.9. The summed E-state index contributed by atoms with van der Waals surface area (Å²) in [6.45, 7) is 0. The fourth-order valence-corrected chi connectivity index (χ4v) is 1.97. The summed E-state index contributed by atoms with van der Waals surface area (Å²) in [5.74, 6) is -0.0781. The van der Waals surface area contributed by atoms with Crippen molar-refractivity contribution in [1.82, 2.24) is 5.32 Å². The summed E-state index contributed by atoms with van der Waals surface area (Å²) >= 11 is 0. The zero-order valence-corrected chi connectivity index (χ0v) is 6.03. The number of carbonyl (C=O) groups is 1. The van der Waals surface area contributed by atoms with Gasteiger partial charge in [-0.15, -0.1) is 0 Å². The molecule has 1 aliphatic heterocycles. The zero-order valence-electron chi connectivity index (χ0n) is 6.03. The molecule has 1 amide bonds. The Morgan fingerprint density at radius 2 is 2.09 bits per heavy atom. The van der Waals surface area contributed by atoms with E-state index in [1.807, 2.05) is 0 Å². The molecule has 0 unspecified atom stereocenters. The first kappa shape index (κ1) is 7.06. The predicted molar refractivity (Wildman–Crippen MR) is 36.7 cm³/mol. The molecule has 0 spiro atoms. The highest BCUT2D eigenvalue weighted by Gasteiger charge is 2.46. The van der Waals surface area contributed by atoms with E-state index in [2.05, 4.69) is 5.32 Å². The molecule has 0 radical (unpaired) electrons. The van der Waals surface area contributed by atoms with Gasteiger partial charge >= 0.3 is 0 Å². The fraction of sp³-hybridized carbons (Fsp3) is 0.857. The molecule has 11 heavy (non-hydrogen) atoms. The minimum Gasteiger partial charge on any atom is -0.390 e. The largest absolute Gasteiger partial charge is 0.390 e. The molecule has 4 heteroatoms. The van der Waals surface area contributed by atoms with Crippen molar-refractivity contribution in [2.45, 2.75) is 31.1 Å². The van der Waals surface area contributed by atoms with Crippen LogP contribution >= 0.6 is 0 Å². The molecule has 62 valence electrons. The van der Waals surface area contributed by atoms with E-state index in [-0.39, 0.29) is 17.9 Å². The first-order valence-electron chi connectivity index (χ1n) is 3.84. The standard InChI is InChI=1S/C7H11NO3/c9-5-2-3-1-4(8-5)7(11)6(3)10/h3-4,6-7,10-11H,1-2H2,(H,8,9)/t3-,4-,6+,7+/m0/s1. The smallest absolute Gasteiger partial charge is 0.220 e. The summed E-state index contributed by atoms with van der Waals surface area (Å²) in [6.07, 6.45) is -0.395. The fourth-order valence-electron chi connectivity index (χ4n) is 1.97. The Bertz CT molecular complexity index is 176. The van der Waals surface area contributed by atoms with E-state index < -0.39 is 12.2 Å². The van der Waals surface area contributed by atoms with Crippen LogP contribution in [0.25, 0.3) is 0 Å². The van der Waals surface area contributed by atoms with Gasteiger partial charge < -0.3 is 15.5 Å². The normalized spacial score (nSPS) is 49.1. The van der Waals surface area contributed by atoms with Crippen LogP contribution < -0.4 is 5.32 Å². The molecular formula is C7H11NO3. The molecule has 0 aromatic carbocycles. The van der Waals surface area contributed by atoms with Crippen molar-refractivity contribution in [2.75, 3.05) is 0 Å². The van der Waals surface area contributed by atoms with E-state index in [0.717, 1.165) is 0 Å². The molecular weight excluding hydrogens is 146 g/mol. The Morgan fingerprint density at radius 1 is 1.36 bits per heavy atom. The zero-order chi connectivity index (χ0) is 8.01. The van der Waals surface area contributed by atoms with Crippen LogP contribution in [-0.4, -0.2) is 34.4 Å². The number of aliphatic hydroxyl groups excluding tert-OH is 2. The average molecular weight is 157 g/mol. The number of fused-ring (bicyclic) bond motifs is 2. The van der Waals surface area contributed by atoms with Crippen molar-refractivity contribution in [3.8, 4) is 0 Å². The van der Waals surface area contributed by atoms with E-state index in [1.54, 1.807) is 0 Å². The van der Waals surface area contributed by atoms with E-state index in [0.29, 0.717) is 12.8 Å². The van der Waals surface area contributed by atoms with Crippen molar-refractivity contribution in [1.29, 1.82) is 0 Å². The van der Waals surface area contributed by atoms with Gasteiger partial charge in [0.15, 0.2) is 0 Å². The van der Waals surface area contributed by atoms with Gasteiger partial charge in [-0.2, -0.15) is 0 Å². The van der Waals surface area contributed by atoms with Gasteiger partial charge in [-0.1, -0.05) is 0 Å². The highest BCUT2D eigenvalue weighted by Crippen LogP contribution is 2.32. The Hall–Kier alpha value is -0.610. The van der Waals surface area contributed by atoms with Crippen LogP contribution in [0, 0.1) is 5.92 Å². The third-order valence-electron chi connectivity index (χ3n) is 2.60. The molecule has 4 nitrogen and oxygen atoms in total. The van der Waals surface area contributed by atoms with E-state index in [4.69, 9.17) is 0 Å². The number of piperidine rings is 1. The van der Waals surface area contributed by atoms with E-state index in [9.17, 15) is 15.0 Å². The summed E-state index contributed by atoms with van der Waals surface area (Å²) in [5.41, 5.74) is 0. The predicted octanol–water partition coefficient (Wildman–Crippen LogP) is -1.38. The molecule has 1 saturated heterocycles. The lowest BCUT2D eigenvalue weighted by atomic mass is 9.99. The Balaban J connectivity index is 2.19. The lowest BCUT2D eigenvalue weighted by molar-refractivity contribution is -0.124. The molecule has 2 bridgehead atoms. The van der Waals surface area contributed by atoms with Gasteiger partial charge in [0.05, 0.1) is 12.1 Å². The van der Waals surface area contributed by atoms with Gasteiger partial charge in [-0.05, 0) is 12.3 Å². The van der Waals surface area contributed by atoms with Crippen LogP contribution in [0.5, 0.6) is 0 Å². The molecule has 3 N–H and O–H groups in total. The highest BCUT2D eigenvalue weighted by atomic mass is 16.3. The van der Waals surface area contributed by atoms with Crippen molar-refractivity contribution >= 4 is 5.91 Å². The van der Waals surface area contributed by atoms with Crippen molar-refractivity contribution in [2.24, 2.45) is 5.92 Å². The monoisotopic (exact) mass is 157 g/mol. The van der Waals surface area contributed by atoms with Gasteiger partial charge in [0.2, 0.25) is 5.91 Å².